The molecule has 0 radical (unpaired) electrons. The van der Waals surface area contributed by atoms with E-state index in [2.05, 4.69) is 9.72 Å². The van der Waals surface area contributed by atoms with Crippen molar-refractivity contribution < 1.29 is 23.1 Å². The number of hydrogen-bond acceptors (Lipinski definition) is 6. The third kappa shape index (κ3) is 4.40. The van der Waals surface area contributed by atoms with Crippen LogP contribution in [0, 0.1) is 0 Å². The summed E-state index contributed by atoms with van der Waals surface area (Å²) in [5.41, 5.74) is 5.93. The van der Waals surface area contributed by atoms with E-state index in [0.717, 1.165) is 0 Å². The van der Waals surface area contributed by atoms with Crippen LogP contribution in [0.2, 0.25) is 0 Å². The summed E-state index contributed by atoms with van der Waals surface area (Å²) >= 11 is 1.33. The smallest absolute Gasteiger partial charge is 0.387 e. The molecule has 0 saturated carbocycles. The molecule has 0 bridgehead atoms. The predicted octanol–water partition coefficient (Wildman–Crippen LogP) is 1.80. The number of benzene rings is 1. The van der Waals surface area contributed by atoms with E-state index in [4.69, 9.17) is 5.73 Å². The fraction of sp³-hybridized carbons (Fsp3) is 0.353. The van der Waals surface area contributed by atoms with E-state index in [9.17, 15) is 18.4 Å². The molecular weight excluding hydrogens is 378 g/mol. The average Bonchev–Trinajstić information content (AvgIpc) is 3.16. The van der Waals surface area contributed by atoms with Gasteiger partial charge in [-0.1, -0.05) is 12.1 Å². The lowest BCUT2D eigenvalue weighted by atomic mass is 10.1. The Morgan fingerprint density at radius 3 is 2.37 bits per heavy atom. The Morgan fingerprint density at radius 1 is 1.15 bits per heavy atom. The van der Waals surface area contributed by atoms with Crippen molar-refractivity contribution in [2.75, 3.05) is 26.2 Å². The molecule has 1 aromatic carbocycles. The first-order valence-electron chi connectivity index (χ1n) is 8.26. The van der Waals surface area contributed by atoms with Gasteiger partial charge in [-0.15, -0.1) is 11.3 Å². The van der Waals surface area contributed by atoms with E-state index < -0.39 is 12.5 Å². The molecule has 0 unspecified atom stereocenters. The predicted molar refractivity (Wildman–Crippen MR) is 94.9 cm³/mol. The lowest BCUT2D eigenvalue weighted by Crippen LogP contribution is -2.50. The van der Waals surface area contributed by atoms with Crippen molar-refractivity contribution in [3.05, 3.63) is 45.9 Å². The molecule has 144 valence electrons. The molecule has 7 nitrogen and oxygen atoms in total. The second-order valence-corrected chi connectivity index (χ2v) is 6.73. The van der Waals surface area contributed by atoms with Gasteiger partial charge in [0.15, 0.2) is 0 Å². The minimum atomic E-state index is -3.01. The third-order valence-corrected chi connectivity index (χ3v) is 5.00. The number of aromatic nitrogens is 1. The maximum atomic E-state index is 12.7. The van der Waals surface area contributed by atoms with Crippen LogP contribution in [0.4, 0.5) is 8.78 Å². The standard InChI is InChI=1S/C17H18F2N4O3S/c18-17(19)26-13-4-2-1-3-11(13)15(24)22-5-7-23(8-6-22)16(25)12-10-27-14(9-20)21-12/h1-4,10,17H,5-9,20H2. The first-order chi connectivity index (χ1) is 13.0. The molecule has 0 atom stereocenters. The first kappa shape index (κ1) is 19.2. The van der Waals surface area contributed by atoms with Gasteiger partial charge in [0, 0.05) is 38.1 Å². The summed E-state index contributed by atoms with van der Waals surface area (Å²) in [7, 11) is 0. The number of thiazole rings is 1. The van der Waals surface area contributed by atoms with Crippen LogP contribution in [-0.2, 0) is 6.54 Å². The van der Waals surface area contributed by atoms with Gasteiger partial charge in [0.2, 0.25) is 0 Å². The van der Waals surface area contributed by atoms with Gasteiger partial charge in [0.25, 0.3) is 11.8 Å². The molecule has 1 saturated heterocycles. The van der Waals surface area contributed by atoms with Gasteiger partial charge in [0.1, 0.15) is 16.5 Å². The lowest BCUT2D eigenvalue weighted by Gasteiger charge is -2.34. The van der Waals surface area contributed by atoms with Crippen molar-refractivity contribution in [3.8, 4) is 5.75 Å². The number of carbonyl (C=O) groups excluding carboxylic acids is 2. The summed E-state index contributed by atoms with van der Waals surface area (Å²) in [6.07, 6.45) is 0. The highest BCUT2D eigenvalue weighted by molar-refractivity contribution is 7.09. The van der Waals surface area contributed by atoms with Gasteiger partial charge in [-0.05, 0) is 12.1 Å². The van der Waals surface area contributed by atoms with E-state index in [1.165, 1.54) is 34.4 Å². The number of halogens is 2. The van der Waals surface area contributed by atoms with Crippen LogP contribution in [0.1, 0.15) is 25.9 Å². The maximum Gasteiger partial charge on any atom is 0.387 e. The fourth-order valence-electron chi connectivity index (χ4n) is 2.79. The Balaban J connectivity index is 1.64. The van der Waals surface area contributed by atoms with Gasteiger partial charge in [0.05, 0.1) is 5.56 Å². The topological polar surface area (TPSA) is 88.8 Å². The van der Waals surface area contributed by atoms with E-state index >= 15 is 0 Å². The normalized spacial score (nSPS) is 14.5. The molecule has 2 aromatic rings. The molecule has 1 aliphatic heterocycles. The third-order valence-electron chi connectivity index (χ3n) is 4.13. The highest BCUT2D eigenvalue weighted by Crippen LogP contribution is 2.23. The number of para-hydroxylation sites is 1. The zero-order chi connectivity index (χ0) is 19.4. The minimum absolute atomic E-state index is 0.0738. The maximum absolute atomic E-state index is 12.7. The van der Waals surface area contributed by atoms with Gasteiger partial charge in [-0.25, -0.2) is 4.98 Å². The van der Waals surface area contributed by atoms with E-state index in [0.29, 0.717) is 36.9 Å². The Hall–Kier alpha value is -2.59. The molecule has 0 aliphatic carbocycles. The number of nitrogens with two attached hydrogens (primary N) is 1. The number of carbonyl (C=O) groups is 2. The van der Waals surface area contributed by atoms with Crippen molar-refractivity contribution in [1.29, 1.82) is 0 Å². The zero-order valence-electron chi connectivity index (χ0n) is 14.3. The quantitative estimate of drug-likeness (QED) is 0.833. The molecule has 2 N–H and O–H groups in total. The monoisotopic (exact) mass is 396 g/mol. The molecule has 2 amide bonds. The number of piperazine rings is 1. The number of nitrogens with zero attached hydrogens (tertiary/aromatic N) is 3. The van der Waals surface area contributed by atoms with Crippen molar-refractivity contribution in [3.63, 3.8) is 0 Å². The van der Waals surface area contributed by atoms with Crippen LogP contribution >= 0.6 is 11.3 Å². The van der Waals surface area contributed by atoms with E-state index in [1.807, 2.05) is 0 Å². The highest BCUT2D eigenvalue weighted by atomic mass is 32.1. The van der Waals surface area contributed by atoms with Crippen LogP contribution in [-0.4, -0.2) is 59.4 Å². The lowest BCUT2D eigenvalue weighted by molar-refractivity contribution is -0.0503. The summed E-state index contributed by atoms with van der Waals surface area (Å²) in [4.78, 5) is 32.4. The van der Waals surface area contributed by atoms with E-state index in [1.54, 1.807) is 16.3 Å². The van der Waals surface area contributed by atoms with Crippen LogP contribution in [0.5, 0.6) is 5.75 Å². The number of ether oxygens (including phenoxy) is 1. The number of hydrogen-bond donors (Lipinski definition) is 1. The SMILES string of the molecule is NCc1nc(C(=O)N2CCN(C(=O)c3ccccc3OC(F)F)CC2)cs1. The van der Waals surface area contributed by atoms with E-state index in [-0.39, 0.29) is 23.8 Å². The van der Waals surface area contributed by atoms with Crippen LogP contribution in [0.15, 0.2) is 29.6 Å². The highest BCUT2D eigenvalue weighted by Gasteiger charge is 2.28. The zero-order valence-corrected chi connectivity index (χ0v) is 15.1. The molecular formula is C17H18F2N4O3S. The number of rotatable bonds is 5. The molecule has 10 heteroatoms. The Bertz CT molecular complexity index is 822. The van der Waals surface area contributed by atoms with Gasteiger partial charge in [-0.3, -0.25) is 9.59 Å². The van der Waals surface area contributed by atoms with Crippen molar-refractivity contribution in [2.24, 2.45) is 5.73 Å². The van der Waals surface area contributed by atoms with Gasteiger partial charge in [-0.2, -0.15) is 8.78 Å². The molecule has 1 aliphatic rings. The van der Waals surface area contributed by atoms with Crippen molar-refractivity contribution in [1.82, 2.24) is 14.8 Å². The van der Waals surface area contributed by atoms with Crippen LogP contribution in [0.25, 0.3) is 0 Å². The Morgan fingerprint density at radius 2 is 1.78 bits per heavy atom. The molecule has 1 aromatic heterocycles. The van der Waals surface area contributed by atoms with Crippen molar-refractivity contribution >= 4 is 23.2 Å². The molecule has 2 heterocycles. The molecule has 3 rings (SSSR count). The van der Waals surface area contributed by atoms with Crippen LogP contribution < -0.4 is 10.5 Å². The molecule has 27 heavy (non-hydrogen) atoms. The summed E-state index contributed by atoms with van der Waals surface area (Å²) in [6.45, 7) is -1.48. The Labute approximate surface area is 158 Å². The molecule has 1 fully saturated rings. The second kappa shape index (κ2) is 8.40. The Kier molecular flexibility index (Phi) is 5.97. The fourth-order valence-corrected chi connectivity index (χ4v) is 3.44. The van der Waals surface area contributed by atoms with Gasteiger partial charge >= 0.3 is 6.61 Å². The van der Waals surface area contributed by atoms with Crippen LogP contribution in [0.3, 0.4) is 0 Å². The molecule has 0 spiro atoms. The first-order valence-corrected chi connectivity index (χ1v) is 9.14. The van der Waals surface area contributed by atoms with Gasteiger partial charge < -0.3 is 20.3 Å². The van der Waals surface area contributed by atoms with Crippen molar-refractivity contribution in [2.45, 2.75) is 13.2 Å². The summed E-state index contributed by atoms with van der Waals surface area (Å²) in [5.74, 6) is -0.773. The number of alkyl halides is 2. The summed E-state index contributed by atoms with van der Waals surface area (Å²) < 4.78 is 29.5. The average molecular weight is 396 g/mol. The second-order valence-electron chi connectivity index (χ2n) is 5.79. The summed E-state index contributed by atoms with van der Waals surface area (Å²) in [6, 6.07) is 5.88. The number of amides is 2. The summed E-state index contributed by atoms with van der Waals surface area (Å²) in [5, 5.41) is 2.35. The largest absolute Gasteiger partial charge is 0.434 e. The minimum Gasteiger partial charge on any atom is -0.434 e.